The minimum atomic E-state index is -1.46. The van der Waals surface area contributed by atoms with Crippen molar-refractivity contribution in [3.05, 3.63) is 40.8 Å². The van der Waals surface area contributed by atoms with E-state index in [0.29, 0.717) is 48.1 Å². The van der Waals surface area contributed by atoms with Crippen LogP contribution in [0.25, 0.3) is 17.6 Å². The molecule has 5 rings (SSSR count). The third kappa shape index (κ3) is 3.35. The summed E-state index contributed by atoms with van der Waals surface area (Å²) >= 11 is 0. The molecule has 1 fully saturated rings. The fourth-order valence-electron chi connectivity index (χ4n) is 4.33. The Bertz CT molecular complexity index is 1270. The molecule has 0 bridgehead atoms. The van der Waals surface area contributed by atoms with Crippen LogP contribution in [0.4, 0.5) is 14.6 Å². The number of rotatable bonds is 3. The van der Waals surface area contributed by atoms with Crippen LogP contribution in [0.1, 0.15) is 12.6 Å². The Morgan fingerprint density at radius 1 is 1.19 bits per heavy atom. The highest BCUT2D eigenvalue weighted by molar-refractivity contribution is 5.73. The number of halogens is 2. The van der Waals surface area contributed by atoms with Gasteiger partial charge in [-0.15, -0.1) is 5.10 Å². The zero-order valence-electron chi connectivity index (χ0n) is 17.4. The maximum Gasteiger partial charge on any atom is 0.219 e. The first kappa shape index (κ1) is 19.7. The molecule has 10 heteroatoms. The van der Waals surface area contributed by atoms with E-state index in [2.05, 4.69) is 20.1 Å². The summed E-state index contributed by atoms with van der Waals surface area (Å²) in [6.07, 6.45) is 3.15. The molecule has 1 aliphatic carbocycles. The van der Waals surface area contributed by atoms with E-state index in [1.165, 1.54) is 17.0 Å². The highest BCUT2D eigenvalue weighted by Gasteiger charge is 2.30. The second-order valence-corrected chi connectivity index (χ2v) is 8.04. The van der Waals surface area contributed by atoms with Gasteiger partial charge in [0.2, 0.25) is 5.91 Å². The largest absolute Gasteiger partial charge is 0.352 e. The molecule has 3 aromatic rings. The van der Waals surface area contributed by atoms with Crippen LogP contribution >= 0.6 is 0 Å². The molecule has 0 saturated carbocycles. The van der Waals surface area contributed by atoms with Gasteiger partial charge in [-0.3, -0.25) is 9.48 Å². The van der Waals surface area contributed by atoms with Gasteiger partial charge in [0.25, 0.3) is 0 Å². The number of imidazole rings is 1. The van der Waals surface area contributed by atoms with Crippen molar-refractivity contribution in [2.24, 2.45) is 13.0 Å². The van der Waals surface area contributed by atoms with Gasteiger partial charge in [0, 0.05) is 46.6 Å². The number of hydrogen-bond acceptors (Lipinski definition) is 5. The molecule has 2 aliphatic rings. The van der Waals surface area contributed by atoms with E-state index >= 15 is 4.39 Å². The van der Waals surface area contributed by atoms with Crippen LogP contribution in [0, 0.1) is 5.92 Å². The number of carbonyl (C=O) groups is 1. The zero-order chi connectivity index (χ0) is 21.7. The Morgan fingerprint density at radius 2 is 1.97 bits per heavy atom. The van der Waals surface area contributed by atoms with E-state index in [9.17, 15) is 9.18 Å². The lowest BCUT2D eigenvalue weighted by Crippen LogP contribution is -2.48. The third-order valence-corrected chi connectivity index (χ3v) is 6.17. The molecular formula is C21H23F2N7O. The number of amides is 1. The highest BCUT2D eigenvalue weighted by atomic mass is 19.1. The van der Waals surface area contributed by atoms with Gasteiger partial charge in [0.15, 0.2) is 5.65 Å². The van der Waals surface area contributed by atoms with Crippen LogP contribution in [0.3, 0.4) is 0 Å². The lowest BCUT2D eigenvalue weighted by molar-refractivity contribution is -0.129. The predicted octanol–water partition coefficient (Wildman–Crippen LogP) is 0.200. The van der Waals surface area contributed by atoms with Gasteiger partial charge in [-0.2, -0.15) is 5.10 Å². The van der Waals surface area contributed by atoms with Crippen molar-refractivity contribution >= 4 is 29.3 Å². The predicted molar refractivity (Wildman–Crippen MR) is 111 cm³/mol. The maximum atomic E-state index is 15.1. The Hall–Kier alpha value is -3.30. The number of hydrogen-bond donors (Lipinski definition) is 0. The second-order valence-electron chi connectivity index (χ2n) is 8.04. The molecule has 1 amide bonds. The zero-order valence-corrected chi connectivity index (χ0v) is 17.4. The molecule has 162 valence electrons. The summed E-state index contributed by atoms with van der Waals surface area (Å²) in [5.41, 5.74) is 1.27. The monoisotopic (exact) mass is 427 g/mol. The summed E-state index contributed by atoms with van der Waals surface area (Å²) < 4.78 is 33.1. The van der Waals surface area contributed by atoms with Gasteiger partial charge in [0.05, 0.1) is 34.6 Å². The maximum absolute atomic E-state index is 15.1. The molecule has 8 nitrogen and oxygen atoms in total. The Balaban J connectivity index is 1.43. The van der Waals surface area contributed by atoms with E-state index in [-0.39, 0.29) is 12.3 Å². The molecule has 31 heavy (non-hydrogen) atoms. The Labute approximate surface area is 177 Å². The summed E-state index contributed by atoms with van der Waals surface area (Å²) in [5.74, 6) is -0.619. The van der Waals surface area contributed by atoms with E-state index in [0.717, 1.165) is 5.82 Å². The average Bonchev–Trinajstić information content (AvgIpc) is 3.34. The summed E-state index contributed by atoms with van der Waals surface area (Å²) in [7, 11) is 1.67. The average molecular weight is 427 g/mol. The number of carbonyl (C=O) groups excluding carboxylic acids is 1. The lowest BCUT2D eigenvalue weighted by Gasteiger charge is -2.34. The minimum Gasteiger partial charge on any atom is -0.352 e. The van der Waals surface area contributed by atoms with Gasteiger partial charge in [-0.1, -0.05) is 0 Å². The summed E-state index contributed by atoms with van der Waals surface area (Å²) in [4.78, 5) is 19.8. The number of aryl methyl sites for hydroxylation is 1. The summed E-state index contributed by atoms with van der Waals surface area (Å²) in [6.45, 7) is 4.21. The van der Waals surface area contributed by atoms with Gasteiger partial charge < -0.3 is 9.80 Å². The van der Waals surface area contributed by atoms with Crippen molar-refractivity contribution in [1.82, 2.24) is 29.3 Å². The van der Waals surface area contributed by atoms with Crippen molar-refractivity contribution in [1.29, 1.82) is 0 Å². The first-order chi connectivity index (χ1) is 14.9. The van der Waals surface area contributed by atoms with Crippen molar-refractivity contribution in [3.63, 3.8) is 0 Å². The first-order valence-electron chi connectivity index (χ1n) is 10.3. The number of alkyl halides is 1. The van der Waals surface area contributed by atoms with Crippen LogP contribution in [0.5, 0.6) is 0 Å². The van der Waals surface area contributed by atoms with Crippen LogP contribution in [-0.2, 0) is 18.3 Å². The van der Waals surface area contributed by atoms with Gasteiger partial charge in [-0.05, 0) is 18.2 Å². The van der Waals surface area contributed by atoms with Crippen LogP contribution in [-0.4, -0.2) is 67.5 Å². The molecule has 2 atom stereocenters. The molecule has 0 radical (unpaired) electrons. The molecule has 3 aromatic heterocycles. The van der Waals surface area contributed by atoms with E-state index in [1.54, 1.807) is 24.7 Å². The second kappa shape index (κ2) is 7.44. The number of aromatic nitrogens is 5. The van der Waals surface area contributed by atoms with Crippen LogP contribution < -0.4 is 15.5 Å². The molecule has 0 aromatic carbocycles. The fraction of sp³-hybridized carbons (Fsp3) is 0.429. The summed E-state index contributed by atoms with van der Waals surface area (Å²) in [5, 5.41) is 9.53. The number of fused-ring (bicyclic) bond motifs is 2. The quantitative estimate of drug-likeness (QED) is 0.597. The van der Waals surface area contributed by atoms with E-state index in [4.69, 9.17) is 0 Å². The number of anilines is 1. The minimum absolute atomic E-state index is 0.0695. The third-order valence-electron chi connectivity index (χ3n) is 6.17. The first-order valence-corrected chi connectivity index (χ1v) is 10.3. The standard InChI is InChI=1S/C21H23F2N7O/c1-13(31)28-5-7-29(8-6-28)20-4-3-19-24-11-14(30(19)26-20)9-15-17(22)10-18-16(21(15)23)12-25-27(18)2/h3-4,10-12,15,17H,5-9H2,1-2H3. The Kier molecular flexibility index (Phi) is 4.71. The van der Waals surface area contributed by atoms with E-state index < -0.39 is 17.9 Å². The van der Waals surface area contributed by atoms with Gasteiger partial charge >= 0.3 is 0 Å². The van der Waals surface area contributed by atoms with Crippen molar-refractivity contribution in [2.75, 3.05) is 31.1 Å². The van der Waals surface area contributed by atoms with Crippen molar-refractivity contribution in [3.8, 4) is 0 Å². The SMILES string of the molecule is CC(=O)N1CCN(c2ccc3ncc(CC4C(F)=c5cnn(C)c5=CC4F)n3n2)CC1. The molecule has 1 saturated heterocycles. The van der Waals surface area contributed by atoms with Gasteiger partial charge in [0.1, 0.15) is 17.8 Å². The van der Waals surface area contributed by atoms with Crippen molar-refractivity contribution < 1.29 is 13.6 Å². The summed E-state index contributed by atoms with van der Waals surface area (Å²) in [6, 6.07) is 3.74. The van der Waals surface area contributed by atoms with Crippen molar-refractivity contribution in [2.45, 2.75) is 19.5 Å². The fourth-order valence-corrected chi connectivity index (χ4v) is 4.33. The normalized spacial score (nSPS) is 21.4. The Morgan fingerprint density at radius 3 is 2.71 bits per heavy atom. The number of nitrogens with zero attached hydrogens (tertiary/aromatic N) is 7. The molecule has 0 spiro atoms. The van der Waals surface area contributed by atoms with Crippen LogP contribution in [0.15, 0.2) is 24.5 Å². The molecular weight excluding hydrogens is 404 g/mol. The highest BCUT2D eigenvalue weighted by Crippen LogP contribution is 2.27. The van der Waals surface area contributed by atoms with Crippen LogP contribution in [0.2, 0.25) is 0 Å². The van der Waals surface area contributed by atoms with E-state index in [1.807, 2.05) is 17.0 Å². The molecule has 1 aliphatic heterocycles. The molecule has 0 N–H and O–H groups in total. The molecule has 4 heterocycles. The smallest absolute Gasteiger partial charge is 0.219 e. The lowest BCUT2D eigenvalue weighted by atomic mass is 9.92. The van der Waals surface area contributed by atoms with Gasteiger partial charge in [-0.25, -0.2) is 18.3 Å². The molecule has 2 unspecified atom stereocenters. The topological polar surface area (TPSA) is 71.6 Å². The number of piperazine rings is 1.